The van der Waals surface area contributed by atoms with Gasteiger partial charge in [-0.25, -0.2) is 18.3 Å². The van der Waals surface area contributed by atoms with Gasteiger partial charge in [0.25, 0.3) is 5.88 Å². The topological polar surface area (TPSA) is 134 Å². The SMILES string of the molecule is O=C(O)c1nn[nH]c1Oc1ccc(C#CS(=O)(=O)C2CCNCC2)cc1. The van der Waals surface area contributed by atoms with Crippen molar-refractivity contribution in [3.05, 3.63) is 35.5 Å². The molecule has 3 N–H and O–H groups in total. The highest BCUT2D eigenvalue weighted by Crippen LogP contribution is 2.22. The van der Waals surface area contributed by atoms with Crippen LogP contribution in [0, 0.1) is 11.2 Å². The maximum atomic E-state index is 12.2. The Morgan fingerprint density at radius 2 is 1.92 bits per heavy atom. The van der Waals surface area contributed by atoms with E-state index in [0.717, 1.165) is 0 Å². The molecule has 1 fully saturated rings. The largest absolute Gasteiger partial charge is 0.476 e. The molecule has 0 bridgehead atoms. The predicted octanol–water partition coefficient (Wildman–Crippen LogP) is 0.771. The molecule has 1 aromatic heterocycles. The van der Waals surface area contributed by atoms with Crippen LogP contribution in [0.3, 0.4) is 0 Å². The second-order valence-electron chi connectivity index (χ2n) is 5.64. The number of H-pyrrole nitrogens is 1. The number of benzene rings is 1. The number of aromatic carboxylic acids is 1. The Hall–Kier alpha value is -2.90. The lowest BCUT2D eigenvalue weighted by molar-refractivity contribution is 0.0687. The molecule has 0 atom stereocenters. The van der Waals surface area contributed by atoms with E-state index in [1.165, 1.54) is 0 Å². The van der Waals surface area contributed by atoms with Crippen LogP contribution in [0.4, 0.5) is 0 Å². The molecule has 1 aliphatic rings. The zero-order valence-electron chi connectivity index (χ0n) is 13.6. The van der Waals surface area contributed by atoms with Gasteiger partial charge in [0.05, 0.1) is 5.25 Å². The molecule has 10 heteroatoms. The van der Waals surface area contributed by atoms with Gasteiger partial charge in [-0.3, -0.25) is 0 Å². The van der Waals surface area contributed by atoms with Crippen molar-refractivity contribution in [1.82, 2.24) is 20.7 Å². The number of nitrogens with one attached hydrogen (secondary N) is 2. The molecule has 3 rings (SSSR count). The smallest absolute Gasteiger partial charge is 0.362 e. The Labute approximate surface area is 149 Å². The van der Waals surface area contributed by atoms with Crippen LogP contribution in [0.5, 0.6) is 11.6 Å². The van der Waals surface area contributed by atoms with Crippen molar-refractivity contribution in [3.63, 3.8) is 0 Å². The minimum absolute atomic E-state index is 0.0928. The summed E-state index contributed by atoms with van der Waals surface area (Å²) in [5, 5.41) is 23.2. The Morgan fingerprint density at radius 3 is 2.58 bits per heavy atom. The van der Waals surface area contributed by atoms with Gasteiger partial charge in [-0.2, -0.15) is 0 Å². The normalized spacial score (nSPS) is 15.1. The van der Waals surface area contributed by atoms with Crippen molar-refractivity contribution in [2.45, 2.75) is 18.1 Å². The van der Waals surface area contributed by atoms with Crippen molar-refractivity contribution >= 4 is 15.8 Å². The summed E-state index contributed by atoms with van der Waals surface area (Å²) >= 11 is 0. The number of carboxylic acids is 1. The summed E-state index contributed by atoms with van der Waals surface area (Å²) in [5.74, 6) is 1.64. The van der Waals surface area contributed by atoms with E-state index in [2.05, 4.69) is 31.9 Å². The first-order valence-corrected chi connectivity index (χ1v) is 9.40. The summed E-state index contributed by atoms with van der Waals surface area (Å²) in [6.07, 6.45) is 1.13. The summed E-state index contributed by atoms with van der Waals surface area (Å²) in [4.78, 5) is 11.0. The lowest BCUT2D eigenvalue weighted by atomic mass is 10.2. The van der Waals surface area contributed by atoms with E-state index < -0.39 is 21.1 Å². The van der Waals surface area contributed by atoms with Crippen LogP contribution in [0.25, 0.3) is 0 Å². The molecule has 0 unspecified atom stereocenters. The van der Waals surface area contributed by atoms with Crippen LogP contribution in [-0.2, 0) is 9.84 Å². The van der Waals surface area contributed by atoms with E-state index >= 15 is 0 Å². The molecule has 1 aliphatic heterocycles. The fourth-order valence-corrected chi connectivity index (χ4v) is 3.76. The highest BCUT2D eigenvalue weighted by Gasteiger charge is 2.25. The standard InChI is InChI=1S/C16H16N4O5S/c21-16(22)14-15(19-20-18-14)25-12-3-1-11(2-4-12)7-10-26(23,24)13-5-8-17-9-6-13/h1-4,13,17H,5-6,8-9H2,(H,21,22)(H,18,19,20). The van der Waals surface area contributed by atoms with Gasteiger partial charge in [0.2, 0.25) is 15.5 Å². The molecule has 26 heavy (non-hydrogen) atoms. The van der Waals surface area contributed by atoms with Crippen molar-refractivity contribution in [1.29, 1.82) is 0 Å². The number of ether oxygens (including phenoxy) is 1. The molecular formula is C16H16N4O5S. The number of aromatic amines is 1. The third-order valence-electron chi connectivity index (χ3n) is 3.86. The van der Waals surface area contributed by atoms with Crippen LogP contribution in [0.1, 0.15) is 28.9 Å². The van der Waals surface area contributed by atoms with E-state index in [1.54, 1.807) is 24.3 Å². The van der Waals surface area contributed by atoms with Gasteiger partial charge < -0.3 is 15.2 Å². The first-order valence-electron chi connectivity index (χ1n) is 7.85. The first-order chi connectivity index (χ1) is 12.5. The van der Waals surface area contributed by atoms with Crippen LogP contribution >= 0.6 is 0 Å². The van der Waals surface area contributed by atoms with Crippen LogP contribution in [0.2, 0.25) is 0 Å². The van der Waals surface area contributed by atoms with Gasteiger partial charge in [0.15, 0.2) is 0 Å². The minimum atomic E-state index is -3.47. The molecule has 136 valence electrons. The maximum absolute atomic E-state index is 12.2. The molecule has 2 heterocycles. The maximum Gasteiger partial charge on any atom is 0.362 e. The number of hydrogen-bond donors (Lipinski definition) is 3. The van der Waals surface area contributed by atoms with Crippen molar-refractivity contribution < 1.29 is 23.1 Å². The second kappa shape index (κ2) is 7.55. The molecule has 0 spiro atoms. The lowest BCUT2D eigenvalue weighted by Gasteiger charge is -2.19. The van der Waals surface area contributed by atoms with Gasteiger partial charge in [-0.15, -0.1) is 5.10 Å². The summed E-state index contributed by atoms with van der Waals surface area (Å²) in [5.41, 5.74) is 0.179. The van der Waals surface area contributed by atoms with E-state index in [-0.39, 0.29) is 11.6 Å². The number of sulfone groups is 1. The third kappa shape index (κ3) is 4.19. The van der Waals surface area contributed by atoms with Crippen LogP contribution < -0.4 is 10.1 Å². The molecule has 0 saturated carbocycles. The predicted molar refractivity (Wildman–Crippen MR) is 91.5 cm³/mol. The van der Waals surface area contributed by atoms with Gasteiger partial charge in [0, 0.05) is 10.8 Å². The van der Waals surface area contributed by atoms with E-state index in [0.29, 0.717) is 37.2 Å². The van der Waals surface area contributed by atoms with Gasteiger partial charge in [0.1, 0.15) is 5.75 Å². The molecule has 1 aromatic carbocycles. The van der Waals surface area contributed by atoms with Crippen molar-refractivity contribution in [2.75, 3.05) is 13.1 Å². The third-order valence-corrected chi connectivity index (χ3v) is 5.59. The Balaban J connectivity index is 1.70. The molecule has 9 nitrogen and oxygen atoms in total. The Morgan fingerprint density at radius 1 is 1.23 bits per heavy atom. The second-order valence-corrected chi connectivity index (χ2v) is 7.60. The summed E-state index contributed by atoms with van der Waals surface area (Å²) in [6.45, 7) is 1.36. The van der Waals surface area contributed by atoms with Gasteiger partial charge in [-0.1, -0.05) is 11.1 Å². The molecular weight excluding hydrogens is 360 g/mol. The zero-order valence-corrected chi connectivity index (χ0v) is 14.4. The molecule has 0 radical (unpaired) electrons. The molecule has 2 aromatic rings. The summed E-state index contributed by atoms with van der Waals surface area (Å²) in [6, 6.07) is 6.27. The average molecular weight is 376 g/mol. The van der Waals surface area contributed by atoms with E-state index in [1.807, 2.05) is 0 Å². The molecule has 1 saturated heterocycles. The van der Waals surface area contributed by atoms with Gasteiger partial charge in [-0.05, 0) is 50.2 Å². The highest BCUT2D eigenvalue weighted by molar-refractivity contribution is 7.96. The molecule has 0 aliphatic carbocycles. The number of nitrogens with zero attached hydrogens (tertiary/aromatic N) is 2. The Bertz CT molecular complexity index is 951. The number of rotatable bonds is 4. The number of hydrogen-bond acceptors (Lipinski definition) is 7. The molecule has 0 amide bonds. The number of piperidine rings is 1. The minimum Gasteiger partial charge on any atom is -0.476 e. The summed E-state index contributed by atoms with van der Waals surface area (Å²) < 4.78 is 29.8. The van der Waals surface area contributed by atoms with Gasteiger partial charge >= 0.3 is 5.97 Å². The van der Waals surface area contributed by atoms with Crippen molar-refractivity contribution in [3.8, 4) is 22.8 Å². The van der Waals surface area contributed by atoms with Crippen LogP contribution in [-0.4, -0.2) is 53.2 Å². The monoisotopic (exact) mass is 376 g/mol. The van der Waals surface area contributed by atoms with Crippen LogP contribution in [0.15, 0.2) is 24.3 Å². The lowest BCUT2D eigenvalue weighted by Crippen LogP contribution is -2.35. The van der Waals surface area contributed by atoms with E-state index in [4.69, 9.17) is 9.84 Å². The number of aromatic nitrogens is 3. The van der Waals surface area contributed by atoms with E-state index in [9.17, 15) is 13.2 Å². The number of carbonyl (C=O) groups is 1. The quantitative estimate of drug-likeness (QED) is 0.666. The fraction of sp³-hybridized carbons (Fsp3) is 0.312. The first kappa shape index (κ1) is 17.9. The zero-order chi connectivity index (χ0) is 18.6. The van der Waals surface area contributed by atoms with Crippen molar-refractivity contribution in [2.24, 2.45) is 0 Å². The fourth-order valence-electron chi connectivity index (χ4n) is 2.47. The summed E-state index contributed by atoms with van der Waals surface area (Å²) in [7, 11) is -3.47. The average Bonchev–Trinajstić information content (AvgIpc) is 3.10. The number of carboxylic acid groups (broad SMARTS) is 1. The Kier molecular flexibility index (Phi) is 5.20. The highest BCUT2D eigenvalue weighted by atomic mass is 32.2.